The average molecular weight is 839 g/mol. The summed E-state index contributed by atoms with van der Waals surface area (Å²) in [6.07, 6.45) is -1.37. The number of nitrogens with one attached hydrogen (secondary N) is 1. The van der Waals surface area contributed by atoms with Crippen LogP contribution in [-0.4, -0.2) is 48.5 Å². The van der Waals surface area contributed by atoms with Crippen LogP contribution in [0.4, 0.5) is 15.3 Å². The van der Waals surface area contributed by atoms with Crippen LogP contribution in [0.3, 0.4) is 0 Å². The van der Waals surface area contributed by atoms with Crippen molar-refractivity contribution >= 4 is 28.6 Å². The zero-order valence-corrected chi connectivity index (χ0v) is 36.1. The molecule has 1 aliphatic rings. The molecule has 8 rings (SSSR count). The molecule has 8 heteroatoms. The maximum Gasteiger partial charge on any atom is 0.411 e. The first-order chi connectivity index (χ1) is 30.6. The fraction of sp³-hybridized carbons (Fsp3) is 0.236. The largest absolute Gasteiger partial charge is 0.444 e. The van der Waals surface area contributed by atoms with Gasteiger partial charge >= 0.3 is 12.2 Å². The highest BCUT2D eigenvalue weighted by Gasteiger charge is 2.44. The van der Waals surface area contributed by atoms with E-state index in [1.807, 2.05) is 130 Å². The second-order valence-electron chi connectivity index (χ2n) is 17.1. The first kappa shape index (κ1) is 42.9. The van der Waals surface area contributed by atoms with Crippen LogP contribution in [-0.2, 0) is 37.8 Å². The number of para-hydroxylation sites is 1. The number of anilines is 1. The number of carbonyl (C=O) groups is 2. The van der Waals surface area contributed by atoms with Crippen molar-refractivity contribution in [2.45, 2.75) is 57.2 Å². The van der Waals surface area contributed by atoms with Gasteiger partial charge in [0.25, 0.3) is 0 Å². The van der Waals surface area contributed by atoms with E-state index < -0.39 is 29.5 Å². The Labute approximate surface area is 370 Å². The molecule has 2 amide bonds. The Morgan fingerprint density at radius 3 is 1.73 bits per heavy atom. The lowest BCUT2D eigenvalue weighted by Crippen LogP contribution is -2.54. The van der Waals surface area contributed by atoms with Crippen molar-refractivity contribution in [3.8, 4) is 0 Å². The Hall–Kier alpha value is -6.74. The summed E-state index contributed by atoms with van der Waals surface area (Å²) < 4.78 is 26.1. The third kappa shape index (κ3) is 10.5. The van der Waals surface area contributed by atoms with Crippen LogP contribution in [0.25, 0.3) is 10.8 Å². The van der Waals surface area contributed by atoms with Crippen LogP contribution in [0.1, 0.15) is 60.1 Å². The third-order valence-electron chi connectivity index (χ3n) is 11.5. The van der Waals surface area contributed by atoms with E-state index in [1.165, 1.54) is 0 Å². The number of fused-ring (bicyclic) bond motifs is 1. The number of likely N-dealkylation sites (tertiary alicyclic amines) is 1. The monoisotopic (exact) mass is 838 g/mol. The number of piperidine rings is 1. The van der Waals surface area contributed by atoms with Crippen molar-refractivity contribution in [2.24, 2.45) is 5.92 Å². The van der Waals surface area contributed by atoms with Gasteiger partial charge in [-0.05, 0) is 83.1 Å². The quantitative estimate of drug-likeness (QED) is 0.116. The predicted molar refractivity (Wildman–Crippen MR) is 248 cm³/mol. The molecule has 0 saturated carbocycles. The van der Waals surface area contributed by atoms with Gasteiger partial charge in [-0.1, -0.05) is 170 Å². The number of amides is 2. The number of ether oxygens (including phenoxy) is 4. The summed E-state index contributed by atoms with van der Waals surface area (Å²) in [4.78, 5) is 28.5. The highest BCUT2D eigenvalue weighted by Crippen LogP contribution is 2.43. The van der Waals surface area contributed by atoms with E-state index in [1.54, 1.807) is 4.90 Å². The molecule has 3 unspecified atom stereocenters. The molecule has 1 fully saturated rings. The number of rotatable bonds is 13. The Morgan fingerprint density at radius 2 is 1.14 bits per heavy atom. The van der Waals surface area contributed by atoms with Gasteiger partial charge in [-0.2, -0.15) is 0 Å². The minimum absolute atomic E-state index is 0.0955. The SMILES string of the molecule is CC(C)(C)OC(=O)N1CC(COC(c2ccccc2)(c2ccccc2)c2ccccc2)C(c2ccc(COC(=O)Nc3ccccc3)cc2)C(OCc2ccc3ccccc3c2)C1. The molecule has 3 atom stereocenters. The third-order valence-corrected chi connectivity index (χ3v) is 11.5. The Kier molecular flexibility index (Phi) is 13.3. The molecule has 1 N–H and O–H groups in total. The maximum atomic E-state index is 14.1. The fourth-order valence-electron chi connectivity index (χ4n) is 8.57. The molecular weight excluding hydrogens is 785 g/mol. The van der Waals surface area contributed by atoms with E-state index in [4.69, 9.17) is 18.9 Å². The van der Waals surface area contributed by atoms with Gasteiger partial charge < -0.3 is 23.8 Å². The molecule has 1 aliphatic heterocycles. The normalized spacial score (nSPS) is 16.6. The summed E-state index contributed by atoms with van der Waals surface area (Å²) in [6.45, 7) is 7.04. The maximum absolute atomic E-state index is 14.1. The molecule has 0 aromatic heterocycles. The van der Waals surface area contributed by atoms with Gasteiger partial charge in [0, 0.05) is 24.1 Å². The second-order valence-corrected chi connectivity index (χ2v) is 17.1. The van der Waals surface area contributed by atoms with Gasteiger partial charge in [0.15, 0.2) is 0 Å². The van der Waals surface area contributed by atoms with Gasteiger partial charge in [-0.3, -0.25) is 5.32 Å². The molecule has 1 heterocycles. The molecule has 0 spiro atoms. The van der Waals surface area contributed by atoms with Crippen LogP contribution in [0, 0.1) is 5.92 Å². The highest BCUT2D eigenvalue weighted by atomic mass is 16.6. The van der Waals surface area contributed by atoms with Crippen LogP contribution in [0.2, 0.25) is 0 Å². The van der Waals surface area contributed by atoms with Crippen molar-refractivity contribution < 1.29 is 28.5 Å². The molecule has 7 aromatic carbocycles. The first-order valence-electron chi connectivity index (χ1n) is 21.6. The van der Waals surface area contributed by atoms with Crippen molar-refractivity contribution in [1.82, 2.24) is 4.90 Å². The Balaban J connectivity index is 1.16. The zero-order chi connectivity index (χ0) is 43.7. The van der Waals surface area contributed by atoms with Crippen LogP contribution < -0.4 is 5.32 Å². The molecule has 320 valence electrons. The second kappa shape index (κ2) is 19.5. The van der Waals surface area contributed by atoms with Crippen LogP contribution in [0.5, 0.6) is 0 Å². The van der Waals surface area contributed by atoms with Crippen LogP contribution in [0.15, 0.2) is 188 Å². The highest BCUT2D eigenvalue weighted by molar-refractivity contribution is 5.84. The molecule has 0 aliphatic carbocycles. The van der Waals surface area contributed by atoms with E-state index in [-0.39, 0.29) is 25.0 Å². The van der Waals surface area contributed by atoms with E-state index in [0.29, 0.717) is 25.4 Å². The van der Waals surface area contributed by atoms with Crippen molar-refractivity contribution in [3.63, 3.8) is 0 Å². The van der Waals surface area contributed by atoms with Gasteiger partial charge in [-0.15, -0.1) is 0 Å². The Morgan fingerprint density at radius 1 is 0.603 bits per heavy atom. The average Bonchev–Trinajstić information content (AvgIpc) is 3.31. The minimum Gasteiger partial charge on any atom is -0.444 e. The van der Waals surface area contributed by atoms with E-state index in [0.717, 1.165) is 44.2 Å². The number of hydrogen-bond donors (Lipinski definition) is 1. The number of hydrogen-bond acceptors (Lipinski definition) is 6. The minimum atomic E-state index is -0.981. The van der Waals surface area contributed by atoms with Crippen molar-refractivity contribution in [1.29, 1.82) is 0 Å². The Bertz CT molecular complexity index is 2470. The lowest BCUT2D eigenvalue weighted by atomic mass is 9.77. The molecule has 8 nitrogen and oxygen atoms in total. The van der Waals surface area contributed by atoms with Gasteiger partial charge in [0.1, 0.15) is 17.8 Å². The molecule has 0 radical (unpaired) electrons. The fourth-order valence-corrected chi connectivity index (χ4v) is 8.57. The molecule has 7 aromatic rings. The summed E-state index contributed by atoms with van der Waals surface area (Å²) in [7, 11) is 0. The van der Waals surface area contributed by atoms with Crippen molar-refractivity contribution in [2.75, 3.05) is 25.0 Å². The van der Waals surface area contributed by atoms with E-state index >= 15 is 0 Å². The number of benzene rings is 7. The van der Waals surface area contributed by atoms with Crippen LogP contribution >= 0.6 is 0 Å². The molecular formula is C55H54N2O6. The van der Waals surface area contributed by atoms with Crippen molar-refractivity contribution in [3.05, 3.63) is 221 Å². The lowest BCUT2D eigenvalue weighted by molar-refractivity contribution is -0.0821. The van der Waals surface area contributed by atoms with E-state index in [9.17, 15) is 9.59 Å². The van der Waals surface area contributed by atoms with Gasteiger partial charge in [0.2, 0.25) is 0 Å². The zero-order valence-electron chi connectivity index (χ0n) is 36.1. The number of nitrogens with zero attached hydrogens (tertiary/aromatic N) is 1. The topological polar surface area (TPSA) is 86.3 Å². The van der Waals surface area contributed by atoms with Gasteiger partial charge in [0.05, 0.1) is 25.9 Å². The summed E-state index contributed by atoms with van der Waals surface area (Å²) in [5, 5.41) is 5.07. The molecule has 63 heavy (non-hydrogen) atoms. The van der Waals surface area contributed by atoms with Gasteiger partial charge in [-0.25, -0.2) is 9.59 Å². The molecule has 0 bridgehead atoms. The lowest BCUT2D eigenvalue weighted by Gasteiger charge is -2.45. The van der Waals surface area contributed by atoms with E-state index in [2.05, 4.69) is 84.2 Å². The first-order valence-corrected chi connectivity index (χ1v) is 21.6. The summed E-state index contributed by atoms with van der Waals surface area (Å²) in [6, 6.07) is 63.0. The summed E-state index contributed by atoms with van der Waals surface area (Å²) in [5.74, 6) is -0.456. The predicted octanol–water partition coefficient (Wildman–Crippen LogP) is 12.1. The smallest absolute Gasteiger partial charge is 0.411 e. The summed E-state index contributed by atoms with van der Waals surface area (Å²) >= 11 is 0. The summed E-state index contributed by atoms with van der Waals surface area (Å²) in [5.41, 5.74) is 4.85. The standard InChI is InChI=1S/C55H54N2O6/c1-54(2,3)63-53(59)57-35-45(39-62-55(46-20-8-4-9-21-46,47-22-10-5-11-23-47)48-24-12-6-13-25-48)51(50(36-57)60-38-41-30-31-42-18-16-17-19-44(42)34-41)43-32-28-40(29-33-43)37-61-52(58)56-49-26-14-7-15-27-49/h4-34,45,50-51H,35-39H2,1-3H3,(H,56,58). The molecule has 1 saturated heterocycles. The number of carbonyl (C=O) groups excluding carboxylic acids is 2.